The van der Waals surface area contributed by atoms with Crippen LogP contribution in [0.5, 0.6) is 11.5 Å². The second-order valence-electron chi connectivity index (χ2n) is 8.31. The summed E-state index contributed by atoms with van der Waals surface area (Å²) in [6, 6.07) is 5.66. The number of ether oxygens (including phenoxy) is 2. The highest BCUT2D eigenvalue weighted by Gasteiger charge is 2.06. The molecule has 0 aliphatic rings. The lowest BCUT2D eigenvalue weighted by molar-refractivity contribution is -0.131. The number of carboxylic acid groups (broad SMARTS) is 1. The van der Waals surface area contributed by atoms with Crippen molar-refractivity contribution in [2.75, 3.05) is 13.2 Å². The molecule has 0 bridgehead atoms. The molecule has 176 valence electrons. The zero-order chi connectivity index (χ0) is 22.6. The van der Waals surface area contributed by atoms with Crippen LogP contribution in [-0.2, 0) is 4.79 Å². The van der Waals surface area contributed by atoms with E-state index in [1.807, 2.05) is 18.2 Å². The van der Waals surface area contributed by atoms with Crippen molar-refractivity contribution in [1.29, 1.82) is 0 Å². The van der Waals surface area contributed by atoms with Crippen molar-refractivity contribution in [1.82, 2.24) is 0 Å². The summed E-state index contributed by atoms with van der Waals surface area (Å²) in [4.78, 5) is 10.9. The third kappa shape index (κ3) is 14.6. The predicted molar refractivity (Wildman–Crippen MR) is 130 cm³/mol. The van der Waals surface area contributed by atoms with E-state index >= 15 is 0 Å². The van der Waals surface area contributed by atoms with Crippen molar-refractivity contribution in [2.24, 2.45) is 0 Å². The van der Waals surface area contributed by atoms with Crippen LogP contribution < -0.4 is 9.47 Å². The van der Waals surface area contributed by atoms with Crippen LogP contribution in [0.3, 0.4) is 0 Å². The molecule has 0 saturated carbocycles. The van der Waals surface area contributed by atoms with E-state index in [0.717, 1.165) is 30.2 Å². The number of rotatable bonds is 20. The Morgan fingerprint density at radius 3 is 1.84 bits per heavy atom. The van der Waals surface area contributed by atoms with Gasteiger partial charge >= 0.3 is 5.97 Å². The number of hydrogen-bond donors (Lipinski definition) is 1. The van der Waals surface area contributed by atoms with Crippen LogP contribution in [0.2, 0.25) is 0 Å². The van der Waals surface area contributed by atoms with Gasteiger partial charge in [0, 0.05) is 17.7 Å². The van der Waals surface area contributed by atoms with Crippen LogP contribution in [0, 0.1) is 0 Å². The SMILES string of the molecule is CCCCCCCCCOc1ccc(C=CC(=O)O)c(OCCCCCCCCC)c1. The molecule has 0 heterocycles. The van der Waals surface area contributed by atoms with Crippen molar-refractivity contribution in [2.45, 2.75) is 104 Å². The van der Waals surface area contributed by atoms with Gasteiger partial charge in [-0.3, -0.25) is 0 Å². The van der Waals surface area contributed by atoms with Crippen LogP contribution in [0.1, 0.15) is 109 Å². The lowest BCUT2D eigenvalue weighted by Crippen LogP contribution is -2.01. The van der Waals surface area contributed by atoms with E-state index < -0.39 is 5.97 Å². The highest BCUT2D eigenvalue weighted by atomic mass is 16.5. The molecule has 0 spiro atoms. The van der Waals surface area contributed by atoms with Crippen molar-refractivity contribution in [3.05, 3.63) is 29.8 Å². The minimum Gasteiger partial charge on any atom is -0.493 e. The molecule has 1 aromatic rings. The molecule has 0 amide bonds. The first-order valence-corrected chi connectivity index (χ1v) is 12.5. The Morgan fingerprint density at radius 1 is 0.774 bits per heavy atom. The number of benzene rings is 1. The Balaban J connectivity index is 2.44. The molecule has 0 radical (unpaired) electrons. The lowest BCUT2D eigenvalue weighted by atomic mass is 10.1. The first-order valence-electron chi connectivity index (χ1n) is 12.5. The fourth-order valence-electron chi connectivity index (χ4n) is 3.52. The molecular weight excluding hydrogens is 388 g/mol. The fourth-order valence-corrected chi connectivity index (χ4v) is 3.52. The van der Waals surface area contributed by atoms with Crippen molar-refractivity contribution >= 4 is 12.0 Å². The smallest absolute Gasteiger partial charge is 0.328 e. The minimum absolute atomic E-state index is 0.642. The summed E-state index contributed by atoms with van der Waals surface area (Å²) in [6.07, 6.45) is 20.2. The zero-order valence-electron chi connectivity index (χ0n) is 19.9. The Morgan fingerprint density at radius 2 is 1.29 bits per heavy atom. The van der Waals surface area contributed by atoms with Gasteiger partial charge in [-0.15, -0.1) is 0 Å². The second kappa shape index (κ2) is 18.8. The van der Waals surface area contributed by atoms with E-state index in [2.05, 4.69) is 13.8 Å². The molecule has 0 saturated heterocycles. The summed E-state index contributed by atoms with van der Waals surface area (Å²) in [5.41, 5.74) is 0.772. The summed E-state index contributed by atoms with van der Waals surface area (Å²) in [7, 11) is 0. The summed E-state index contributed by atoms with van der Waals surface area (Å²) < 4.78 is 11.9. The zero-order valence-corrected chi connectivity index (χ0v) is 19.9. The third-order valence-electron chi connectivity index (χ3n) is 5.41. The van der Waals surface area contributed by atoms with Gasteiger partial charge in [0.15, 0.2) is 0 Å². The second-order valence-corrected chi connectivity index (χ2v) is 8.31. The van der Waals surface area contributed by atoms with Crippen LogP contribution in [0.4, 0.5) is 0 Å². The van der Waals surface area contributed by atoms with E-state index in [0.29, 0.717) is 19.0 Å². The van der Waals surface area contributed by atoms with E-state index in [4.69, 9.17) is 14.6 Å². The molecular formula is C27H44O4. The van der Waals surface area contributed by atoms with Gasteiger partial charge in [0.25, 0.3) is 0 Å². The summed E-state index contributed by atoms with van der Waals surface area (Å²) in [6.45, 7) is 5.82. The van der Waals surface area contributed by atoms with Crippen molar-refractivity contribution in [3.63, 3.8) is 0 Å². The Hall–Kier alpha value is -1.97. The maximum Gasteiger partial charge on any atom is 0.328 e. The van der Waals surface area contributed by atoms with E-state index in [1.54, 1.807) is 6.08 Å². The van der Waals surface area contributed by atoms with Gasteiger partial charge in [0.1, 0.15) is 11.5 Å². The first kappa shape index (κ1) is 27.1. The van der Waals surface area contributed by atoms with Gasteiger partial charge in [-0.1, -0.05) is 90.9 Å². The topological polar surface area (TPSA) is 55.8 Å². The predicted octanol–water partition coefficient (Wildman–Crippen LogP) is 8.04. The van der Waals surface area contributed by atoms with Crippen LogP contribution in [-0.4, -0.2) is 24.3 Å². The average molecular weight is 433 g/mol. The number of unbranched alkanes of at least 4 members (excludes halogenated alkanes) is 12. The number of aliphatic carboxylic acids is 1. The normalized spacial score (nSPS) is 11.2. The van der Waals surface area contributed by atoms with Crippen molar-refractivity contribution in [3.8, 4) is 11.5 Å². The highest BCUT2D eigenvalue weighted by molar-refractivity contribution is 5.86. The Labute approximate surface area is 190 Å². The van der Waals surface area contributed by atoms with E-state index in [1.165, 1.54) is 77.0 Å². The van der Waals surface area contributed by atoms with E-state index in [-0.39, 0.29) is 0 Å². The van der Waals surface area contributed by atoms with Crippen molar-refractivity contribution < 1.29 is 19.4 Å². The number of carbonyl (C=O) groups is 1. The van der Waals surface area contributed by atoms with E-state index in [9.17, 15) is 4.79 Å². The van der Waals surface area contributed by atoms with Gasteiger partial charge in [-0.05, 0) is 31.1 Å². The highest BCUT2D eigenvalue weighted by Crippen LogP contribution is 2.27. The Kier molecular flexibility index (Phi) is 16.4. The standard InChI is InChI=1S/C27H44O4/c1-3-5-7-9-11-13-15-21-30-25-19-17-24(18-20-27(28)29)26(23-25)31-22-16-14-12-10-8-6-4-2/h17-20,23H,3-16,21-22H2,1-2H3,(H,28,29). The Bertz CT molecular complexity index is 609. The molecule has 0 aromatic heterocycles. The van der Waals surface area contributed by atoms with Crippen LogP contribution in [0.25, 0.3) is 6.08 Å². The molecule has 0 fully saturated rings. The molecule has 1 rings (SSSR count). The quantitative estimate of drug-likeness (QED) is 0.167. The third-order valence-corrected chi connectivity index (χ3v) is 5.41. The largest absolute Gasteiger partial charge is 0.493 e. The molecule has 4 heteroatoms. The molecule has 0 aliphatic carbocycles. The molecule has 0 unspecified atom stereocenters. The maximum absolute atomic E-state index is 10.9. The fraction of sp³-hybridized carbons (Fsp3) is 0.667. The number of hydrogen-bond acceptors (Lipinski definition) is 3. The maximum atomic E-state index is 10.9. The summed E-state index contributed by atoms with van der Waals surface area (Å²) >= 11 is 0. The monoisotopic (exact) mass is 432 g/mol. The van der Waals surface area contributed by atoms with Gasteiger partial charge in [0.2, 0.25) is 0 Å². The van der Waals surface area contributed by atoms with Gasteiger partial charge in [0.05, 0.1) is 13.2 Å². The lowest BCUT2D eigenvalue weighted by Gasteiger charge is -2.12. The van der Waals surface area contributed by atoms with Crippen LogP contribution >= 0.6 is 0 Å². The molecule has 0 atom stereocenters. The van der Waals surface area contributed by atoms with Gasteiger partial charge < -0.3 is 14.6 Å². The summed E-state index contributed by atoms with van der Waals surface area (Å²) in [5, 5.41) is 8.94. The number of carboxylic acids is 1. The molecule has 1 N–H and O–H groups in total. The molecule has 1 aromatic carbocycles. The first-order chi connectivity index (χ1) is 15.2. The average Bonchev–Trinajstić information content (AvgIpc) is 2.76. The molecule has 31 heavy (non-hydrogen) atoms. The molecule has 0 aliphatic heterocycles. The summed E-state index contributed by atoms with van der Waals surface area (Å²) in [5.74, 6) is 0.519. The van der Waals surface area contributed by atoms with Gasteiger partial charge in [-0.2, -0.15) is 0 Å². The van der Waals surface area contributed by atoms with Gasteiger partial charge in [-0.25, -0.2) is 4.79 Å². The minimum atomic E-state index is -0.961. The van der Waals surface area contributed by atoms with Crippen LogP contribution in [0.15, 0.2) is 24.3 Å². The molecule has 4 nitrogen and oxygen atoms in total.